The van der Waals surface area contributed by atoms with Gasteiger partial charge in [0.2, 0.25) is 5.91 Å². The first-order valence-electron chi connectivity index (χ1n) is 7.45. The van der Waals surface area contributed by atoms with Crippen LogP contribution in [-0.2, 0) is 4.79 Å². The van der Waals surface area contributed by atoms with E-state index in [2.05, 4.69) is 10.6 Å². The molecule has 0 aliphatic heterocycles. The van der Waals surface area contributed by atoms with Gasteiger partial charge in [0.05, 0.1) is 12.8 Å². The highest BCUT2D eigenvalue weighted by atomic mass is 35.5. The summed E-state index contributed by atoms with van der Waals surface area (Å²) in [6.45, 7) is 4.60. The number of halogens is 1. The molecule has 0 spiro atoms. The molecule has 0 saturated carbocycles. The first-order chi connectivity index (χ1) is 10.5. The zero-order chi connectivity index (χ0) is 16.5. The first kappa shape index (κ1) is 18.6. The van der Waals surface area contributed by atoms with Crippen LogP contribution in [0.15, 0.2) is 18.2 Å². The second-order valence-corrected chi connectivity index (χ2v) is 5.89. The number of nitrogens with one attached hydrogen (secondary N) is 2. The molecule has 124 valence electrons. The Bertz CT molecular complexity index is 480. The van der Waals surface area contributed by atoms with Gasteiger partial charge in [0, 0.05) is 30.6 Å². The molecule has 1 rings (SSSR count). The number of aliphatic hydroxyl groups is 1. The van der Waals surface area contributed by atoms with Crippen LogP contribution in [0.25, 0.3) is 0 Å². The molecule has 0 heterocycles. The van der Waals surface area contributed by atoms with E-state index in [0.717, 1.165) is 5.69 Å². The summed E-state index contributed by atoms with van der Waals surface area (Å²) in [6.07, 6.45) is 0.906. The van der Waals surface area contributed by atoms with Gasteiger partial charge in [-0.2, -0.15) is 0 Å². The maximum Gasteiger partial charge on any atom is 0.221 e. The predicted octanol–water partition coefficient (Wildman–Crippen LogP) is 2.67. The Labute approximate surface area is 137 Å². The van der Waals surface area contributed by atoms with Crippen molar-refractivity contribution >= 4 is 23.2 Å². The minimum Gasteiger partial charge on any atom is -0.495 e. The Morgan fingerprint density at radius 1 is 1.41 bits per heavy atom. The SMILES string of the molecule is COc1ccc(Cl)cc1NCCC(=O)NC(CCO)C(C)C. The van der Waals surface area contributed by atoms with Gasteiger partial charge in [0.1, 0.15) is 5.75 Å². The minimum absolute atomic E-state index is 0.00166. The second kappa shape index (κ2) is 9.54. The molecule has 0 aromatic heterocycles. The van der Waals surface area contributed by atoms with E-state index in [9.17, 15) is 4.79 Å². The fourth-order valence-corrected chi connectivity index (χ4v) is 2.29. The van der Waals surface area contributed by atoms with E-state index in [1.54, 1.807) is 25.3 Å². The molecule has 0 saturated heterocycles. The lowest BCUT2D eigenvalue weighted by molar-refractivity contribution is -0.121. The summed E-state index contributed by atoms with van der Waals surface area (Å²) in [5, 5.41) is 15.7. The third-order valence-corrected chi connectivity index (χ3v) is 3.66. The number of carbonyl (C=O) groups excluding carboxylic acids is 1. The maximum atomic E-state index is 12.0. The summed E-state index contributed by atoms with van der Waals surface area (Å²) in [7, 11) is 1.59. The van der Waals surface area contributed by atoms with Crippen molar-refractivity contribution in [1.82, 2.24) is 5.32 Å². The zero-order valence-corrected chi connectivity index (χ0v) is 14.1. The standard InChI is InChI=1S/C16H25ClN2O3/c1-11(2)13(7-9-20)19-16(21)6-8-18-14-10-12(17)4-5-15(14)22-3/h4-5,10-11,13,18,20H,6-9H2,1-3H3,(H,19,21). The number of rotatable bonds is 9. The first-order valence-corrected chi connectivity index (χ1v) is 7.83. The van der Waals surface area contributed by atoms with Crippen LogP contribution >= 0.6 is 11.6 Å². The Hall–Kier alpha value is -1.46. The largest absolute Gasteiger partial charge is 0.495 e. The van der Waals surface area contributed by atoms with Crippen molar-refractivity contribution in [3.63, 3.8) is 0 Å². The molecule has 5 nitrogen and oxygen atoms in total. The van der Waals surface area contributed by atoms with Crippen molar-refractivity contribution in [3.8, 4) is 5.75 Å². The highest BCUT2D eigenvalue weighted by Crippen LogP contribution is 2.27. The molecule has 6 heteroatoms. The van der Waals surface area contributed by atoms with Crippen LogP contribution in [0.2, 0.25) is 5.02 Å². The lowest BCUT2D eigenvalue weighted by Gasteiger charge is -2.21. The Kier molecular flexibility index (Phi) is 8.06. The van der Waals surface area contributed by atoms with E-state index in [1.165, 1.54) is 0 Å². The van der Waals surface area contributed by atoms with Gasteiger partial charge in [0.15, 0.2) is 0 Å². The molecule has 1 atom stereocenters. The average molecular weight is 329 g/mol. The number of aliphatic hydroxyl groups excluding tert-OH is 1. The number of benzene rings is 1. The van der Waals surface area contributed by atoms with Gasteiger partial charge in [-0.25, -0.2) is 0 Å². The van der Waals surface area contributed by atoms with E-state index in [0.29, 0.717) is 30.2 Å². The quantitative estimate of drug-likeness (QED) is 0.652. The van der Waals surface area contributed by atoms with Crippen LogP contribution in [0, 0.1) is 5.92 Å². The lowest BCUT2D eigenvalue weighted by atomic mass is 10.0. The topological polar surface area (TPSA) is 70.6 Å². The van der Waals surface area contributed by atoms with Crippen molar-refractivity contribution in [2.24, 2.45) is 5.92 Å². The molecule has 0 bridgehead atoms. The minimum atomic E-state index is -0.0411. The predicted molar refractivity (Wildman–Crippen MR) is 89.6 cm³/mol. The van der Waals surface area contributed by atoms with E-state index in [1.807, 2.05) is 13.8 Å². The summed E-state index contributed by atoms with van der Waals surface area (Å²) in [5.74, 6) is 0.933. The summed E-state index contributed by atoms with van der Waals surface area (Å²) in [6, 6.07) is 5.29. The fraction of sp³-hybridized carbons (Fsp3) is 0.562. The third kappa shape index (κ3) is 6.12. The second-order valence-electron chi connectivity index (χ2n) is 5.45. The Balaban J connectivity index is 2.46. The van der Waals surface area contributed by atoms with Crippen molar-refractivity contribution in [3.05, 3.63) is 23.2 Å². The van der Waals surface area contributed by atoms with Crippen LogP contribution in [0.3, 0.4) is 0 Å². The Morgan fingerprint density at radius 3 is 2.73 bits per heavy atom. The van der Waals surface area contributed by atoms with Crippen LogP contribution < -0.4 is 15.4 Å². The van der Waals surface area contributed by atoms with Gasteiger partial charge in [-0.05, 0) is 30.5 Å². The highest BCUT2D eigenvalue weighted by Gasteiger charge is 2.15. The number of carbonyl (C=O) groups is 1. The van der Waals surface area contributed by atoms with Gasteiger partial charge >= 0.3 is 0 Å². The van der Waals surface area contributed by atoms with Crippen molar-refractivity contribution in [1.29, 1.82) is 0 Å². The molecule has 0 aliphatic rings. The molecule has 0 fully saturated rings. The van der Waals surface area contributed by atoms with Crippen LogP contribution in [0.4, 0.5) is 5.69 Å². The number of amides is 1. The Morgan fingerprint density at radius 2 is 2.14 bits per heavy atom. The molecule has 1 unspecified atom stereocenters. The van der Waals surface area contributed by atoms with Crippen LogP contribution in [0.1, 0.15) is 26.7 Å². The van der Waals surface area contributed by atoms with Gasteiger partial charge in [-0.3, -0.25) is 4.79 Å². The van der Waals surface area contributed by atoms with Crippen molar-refractivity contribution < 1.29 is 14.6 Å². The van der Waals surface area contributed by atoms with Crippen LogP contribution in [-0.4, -0.2) is 37.3 Å². The molecule has 1 aromatic carbocycles. The fourth-order valence-electron chi connectivity index (χ4n) is 2.12. The van der Waals surface area contributed by atoms with Crippen LogP contribution in [0.5, 0.6) is 5.75 Å². The van der Waals surface area contributed by atoms with Gasteiger partial charge in [-0.15, -0.1) is 0 Å². The number of hydrogen-bond acceptors (Lipinski definition) is 4. The molecular weight excluding hydrogens is 304 g/mol. The van der Waals surface area contributed by atoms with Gasteiger partial charge in [0.25, 0.3) is 0 Å². The summed E-state index contributed by atoms with van der Waals surface area (Å²) in [5.41, 5.74) is 0.763. The molecule has 0 radical (unpaired) electrons. The summed E-state index contributed by atoms with van der Waals surface area (Å²) < 4.78 is 5.24. The van der Waals surface area contributed by atoms with E-state index >= 15 is 0 Å². The molecule has 1 aromatic rings. The van der Waals surface area contributed by atoms with Crippen molar-refractivity contribution in [2.45, 2.75) is 32.7 Å². The third-order valence-electron chi connectivity index (χ3n) is 3.42. The average Bonchev–Trinajstić information content (AvgIpc) is 2.47. The smallest absolute Gasteiger partial charge is 0.221 e. The monoisotopic (exact) mass is 328 g/mol. The molecule has 3 N–H and O–H groups in total. The summed E-state index contributed by atoms with van der Waals surface area (Å²) >= 11 is 5.96. The maximum absolute atomic E-state index is 12.0. The van der Waals surface area contributed by atoms with E-state index < -0.39 is 0 Å². The van der Waals surface area contributed by atoms with Crippen molar-refractivity contribution in [2.75, 3.05) is 25.6 Å². The number of ether oxygens (including phenoxy) is 1. The normalized spacial score (nSPS) is 12.1. The van der Waals surface area contributed by atoms with E-state index in [-0.39, 0.29) is 24.5 Å². The molecular formula is C16H25ClN2O3. The number of anilines is 1. The lowest BCUT2D eigenvalue weighted by Crippen LogP contribution is -2.39. The zero-order valence-electron chi connectivity index (χ0n) is 13.4. The number of methoxy groups -OCH3 is 1. The summed E-state index contributed by atoms with van der Waals surface area (Å²) in [4.78, 5) is 12.0. The van der Waals surface area contributed by atoms with Gasteiger partial charge < -0.3 is 20.5 Å². The molecule has 0 aliphatic carbocycles. The molecule has 1 amide bonds. The molecule has 22 heavy (non-hydrogen) atoms. The van der Waals surface area contributed by atoms with E-state index in [4.69, 9.17) is 21.4 Å². The van der Waals surface area contributed by atoms with Gasteiger partial charge in [-0.1, -0.05) is 25.4 Å². The number of hydrogen-bond donors (Lipinski definition) is 3. The highest BCUT2D eigenvalue weighted by molar-refractivity contribution is 6.30.